The average molecular weight is 315 g/mol. The highest BCUT2D eigenvalue weighted by Crippen LogP contribution is 2.23. The van der Waals surface area contributed by atoms with Crippen LogP contribution in [-0.2, 0) is 26.1 Å². The Hall–Kier alpha value is -2.28. The normalized spacial score (nSPS) is 14.7. The van der Waals surface area contributed by atoms with Gasteiger partial charge in [0, 0.05) is 19.6 Å². The summed E-state index contributed by atoms with van der Waals surface area (Å²) in [4.78, 5) is 13.6. The lowest BCUT2D eigenvalue weighted by molar-refractivity contribution is 0.0694. The van der Waals surface area contributed by atoms with Crippen LogP contribution in [0.3, 0.4) is 0 Å². The van der Waals surface area contributed by atoms with Gasteiger partial charge in [0.1, 0.15) is 0 Å². The van der Waals surface area contributed by atoms with E-state index >= 15 is 0 Å². The standard InChI is InChI=1S/C16H21N5O2/c1-2-3-8-21-15(17-18-19-21)11-20-9-7-13-12(10-20)5-4-6-14(13)16(22)23/h4-6H,2-3,7-11H2,1H3,(H,22,23). The fraction of sp³-hybridized carbons (Fsp3) is 0.500. The summed E-state index contributed by atoms with van der Waals surface area (Å²) in [5.74, 6) is 0.0232. The number of fused-ring (bicyclic) bond motifs is 1. The third-order valence-electron chi connectivity index (χ3n) is 4.27. The summed E-state index contributed by atoms with van der Waals surface area (Å²) >= 11 is 0. The SMILES string of the molecule is CCCCn1nnnc1CN1CCc2c(cccc2C(=O)O)C1. The van der Waals surface area contributed by atoms with E-state index in [1.807, 2.05) is 16.8 Å². The summed E-state index contributed by atoms with van der Waals surface area (Å²) < 4.78 is 1.87. The molecule has 7 nitrogen and oxygen atoms in total. The van der Waals surface area contributed by atoms with E-state index in [1.165, 1.54) is 0 Å². The van der Waals surface area contributed by atoms with Gasteiger partial charge in [-0.3, -0.25) is 4.90 Å². The Labute approximate surface area is 134 Å². The highest BCUT2D eigenvalue weighted by molar-refractivity contribution is 5.89. The van der Waals surface area contributed by atoms with Crippen LogP contribution in [0.4, 0.5) is 0 Å². The molecule has 0 saturated heterocycles. The quantitative estimate of drug-likeness (QED) is 0.874. The number of carbonyl (C=O) groups is 1. The maximum Gasteiger partial charge on any atom is 0.335 e. The van der Waals surface area contributed by atoms with Crippen LogP contribution >= 0.6 is 0 Å². The zero-order valence-corrected chi connectivity index (χ0v) is 13.3. The van der Waals surface area contributed by atoms with Crippen molar-refractivity contribution in [2.24, 2.45) is 0 Å². The Kier molecular flexibility index (Phi) is 4.66. The van der Waals surface area contributed by atoms with Gasteiger partial charge in [0.15, 0.2) is 5.82 Å². The first-order chi connectivity index (χ1) is 11.2. The van der Waals surface area contributed by atoms with E-state index < -0.39 is 5.97 Å². The molecule has 0 unspecified atom stereocenters. The van der Waals surface area contributed by atoms with Gasteiger partial charge in [-0.15, -0.1) is 5.10 Å². The molecule has 0 amide bonds. The summed E-state index contributed by atoms with van der Waals surface area (Å²) in [7, 11) is 0. The topological polar surface area (TPSA) is 84.1 Å². The van der Waals surface area contributed by atoms with Crippen molar-refractivity contribution >= 4 is 5.97 Å². The largest absolute Gasteiger partial charge is 0.478 e. The highest BCUT2D eigenvalue weighted by atomic mass is 16.4. The van der Waals surface area contributed by atoms with Gasteiger partial charge in [-0.2, -0.15) is 0 Å². The zero-order valence-electron chi connectivity index (χ0n) is 13.3. The lowest BCUT2D eigenvalue weighted by Crippen LogP contribution is -2.32. The first kappa shape index (κ1) is 15.6. The molecule has 1 aromatic heterocycles. The minimum absolute atomic E-state index is 0.426. The number of hydrogen-bond donors (Lipinski definition) is 1. The Bertz CT molecular complexity index is 698. The number of aryl methyl sites for hydroxylation is 1. The van der Waals surface area contributed by atoms with Gasteiger partial charge in [0.25, 0.3) is 0 Å². The molecule has 1 N–H and O–H groups in total. The van der Waals surface area contributed by atoms with Gasteiger partial charge in [-0.25, -0.2) is 9.48 Å². The molecule has 1 aliphatic heterocycles. The van der Waals surface area contributed by atoms with Crippen LogP contribution in [-0.4, -0.2) is 42.7 Å². The van der Waals surface area contributed by atoms with Crippen LogP contribution in [0.2, 0.25) is 0 Å². The number of tetrazole rings is 1. The smallest absolute Gasteiger partial charge is 0.335 e. The minimum atomic E-state index is -0.848. The van der Waals surface area contributed by atoms with Crippen molar-refractivity contribution < 1.29 is 9.90 Å². The molecular weight excluding hydrogens is 294 g/mol. The molecule has 0 atom stereocenters. The number of rotatable bonds is 6. The lowest BCUT2D eigenvalue weighted by atomic mass is 9.94. The maximum atomic E-state index is 11.3. The van der Waals surface area contributed by atoms with E-state index in [1.54, 1.807) is 6.07 Å². The van der Waals surface area contributed by atoms with Crippen LogP contribution < -0.4 is 0 Å². The second-order valence-electron chi connectivity index (χ2n) is 5.88. The molecule has 2 heterocycles. The van der Waals surface area contributed by atoms with Gasteiger partial charge in [0.05, 0.1) is 12.1 Å². The fourth-order valence-corrected chi connectivity index (χ4v) is 3.02. The second-order valence-corrected chi connectivity index (χ2v) is 5.88. The number of aromatic carboxylic acids is 1. The second kappa shape index (κ2) is 6.87. The number of nitrogens with zero attached hydrogens (tertiary/aromatic N) is 5. The van der Waals surface area contributed by atoms with Crippen molar-refractivity contribution in [1.29, 1.82) is 0 Å². The summed E-state index contributed by atoms with van der Waals surface area (Å²) in [6.07, 6.45) is 2.91. The van der Waals surface area contributed by atoms with Crippen LogP contribution in [0.1, 0.15) is 47.1 Å². The lowest BCUT2D eigenvalue weighted by Gasteiger charge is -2.29. The van der Waals surface area contributed by atoms with Crippen LogP contribution in [0.15, 0.2) is 18.2 Å². The first-order valence-corrected chi connectivity index (χ1v) is 8.00. The molecule has 1 aromatic carbocycles. The summed E-state index contributed by atoms with van der Waals surface area (Å²) in [6.45, 7) is 5.22. The van der Waals surface area contributed by atoms with E-state index in [9.17, 15) is 9.90 Å². The highest BCUT2D eigenvalue weighted by Gasteiger charge is 2.22. The molecule has 23 heavy (non-hydrogen) atoms. The molecule has 7 heteroatoms. The Morgan fingerprint density at radius 2 is 2.26 bits per heavy atom. The molecule has 3 rings (SSSR count). The monoisotopic (exact) mass is 315 g/mol. The Balaban J connectivity index is 1.72. The third-order valence-corrected chi connectivity index (χ3v) is 4.27. The number of carboxylic acid groups (broad SMARTS) is 1. The van der Waals surface area contributed by atoms with Gasteiger partial charge in [-0.05, 0) is 40.5 Å². The van der Waals surface area contributed by atoms with Crippen molar-refractivity contribution in [1.82, 2.24) is 25.1 Å². The van der Waals surface area contributed by atoms with Crippen molar-refractivity contribution in [3.63, 3.8) is 0 Å². The number of hydrogen-bond acceptors (Lipinski definition) is 5. The maximum absolute atomic E-state index is 11.3. The van der Waals surface area contributed by atoms with Gasteiger partial charge >= 0.3 is 5.97 Å². The van der Waals surface area contributed by atoms with Crippen LogP contribution in [0, 0.1) is 0 Å². The van der Waals surface area contributed by atoms with Crippen molar-refractivity contribution in [3.8, 4) is 0 Å². The Morgan fingerprint density at radius 1 is 1.39 bits per heavy atom. The number of aromatic nitrogens is 4. The third kappa shape index (κ3) is 3.39. The molecular formula is C16H21N5O2. The molecule has 2 aromatic rings. The van der Waals surface area contributed by atoms with E-state index in [-0.39, 0.29) is 0 Å². The number of carboxylic acids is 1. The Morgan fingerprint density at radius 3 is 3.04 bits per heavy atom. The molecule has 0 spiro atoms. The number of benzene rings is 1. The average Bonchev–Trinajstić information content (AvgIpc) is 2.99. The van der Waals surface area contributed by atoms with Crippen LogP contribution in [0.25, 0.3) is 0 Å². The fourth-order valence-electron chi connectivity index (χ4n) is 3.02. The van der Waals surface area contributed by atoms with Crippen molar-refractivity contribution in [2.45, 2.75) is 45.8 Å². The molecule has 0 fully saturated rings. The van der Waals surface area contributed by atoms with E-state index in [2.05, 4.69) is 27.3 Å². The predicted octanol–water partition coefficient (Wildman–Crippen LogP) is 1.73. The molecule has 122 valence electrons. The number of unbranched alkanes of at least 4 members (excludes halogenated alkanes) is 1. The molecule has 1 aliphatic rings. The summed E-state index contributed by atoms with van der Waals surface area (Å²) in [5.41, 5.74) is 2.47. The van der Waals surface area contributed by atoms with Gasteiger partial charge < -0.3 is 5.11 Å². The summed E-state index contributed by atoms with van der Waals surface area (Å²) in [5, 5.41) is 21.3. The summed E-state index contributed by atoms with van der Waals surface area (Å²) in [6, 6.07) is 5.51. The van der Waals surface area contributed by atoms with E-state index in [0.29, 0.717) is 12.1 Å². The van der Waals surface area contributed by atoms with Crippen molar-refractivity contribution in [2.75, 3.05) is 6.54 Å². The van der Waals surface area contributed by atoms with Crippen molar-refractivity contribution in [3.05, 3.63) is 40.7 Å². The zero-order chi connectivity index (χ0) is 16.2. The van der Waals surface area contributed by atoms with Crippen LogP contribution in [0.5, 0.6) is 0 Å². The molecule has 0 radical (unpaired) electrons. The van der Waals surface area contributed by atoms with Gasteiger partial charge in [0.2, 0.25) is 0 Å². The molecule has 0 aliphatic carbocycles. The van der Waals surface area contributed by atoms with E-state index in [4.69, 9.17) is 0 Å². The van der Waals surface area contributed by atoms with Gasteiger partial charge in [-0.1, -0.05) is 25.5 Å². The molecule has 0 saturated carbocycles. The van der Waals surface area contributed by atoms with E-state index in [0.717, 1.165) is 55.8 Å². The predicted molar refractivity (Wildman–Crippen MR) is 83.9 cm³/mol. The minimum Gasteiger partial charge on any atom is -0.478 e. The molecule has 0 bridgehead atoms. The first-order valence-electron chi connectivity index (χ1n) is 8.00.